The van der Waals surface area contributed by atoms with Gasteiger partial charge in [0.2, 0.25) is 0 Å². The summed E-state index contributed by atoms with van der Waals surface area (Å²) in [5.41, 5.74) is 2.58. The Morgan fingerprint density at radius 3 is 3.00 bits per heavy atom. The van der Waals surface area contributed by atoms with E-state index in [-0.39, 0.29) is 24.3 Å². The number of hydrogen-bond donors (Lipinski definition) is 1. The van der Waals surface area contributed by atoms with Crippen molar-refractivity contribution < 1.29 is 9.84 Å². The van der Waals surface area contributed by atoms with Crippen LogP contribution in [0.1, 0.15) is 29.8 Å². The van der Waals surface area contributed by atoms with Crippen LogP contribution in [0.15, 0.2) is 6.20 Å². The summed E-state index contributed by atoms with van der Waals surface area (Å²) in [6.45, 7) is 4.26. The van der Waals surface area contributed by atoms with Crippen molar-refractivity contribution in [1.29, 1.82) is 0 Å². The number of pyridine rings is 1. The molecule has 1 aliphatic heterocycles. The molecule has 0 fully saturated rings. The largest absolute Gasteiger partial charge is 0.506 e. The Balaban J connectivity index is 0.000000845. The molecule has 0 radical (unpaired) electrons. The fourth-order valence-electron chi connectivity index (χ4n) is 1.46. The van der Waals surface area contributed by atoms with Crippen LogP contribution in [0.25, 0.3) is 0 Å². The number of halogens is 1. The van der Waals surface area contributed by atoms with E-state index in [1.54, 1.807) is 13.1 Å². The summed E-state index contributed by atoms with van der Waals surface area (Å²) in [6, 6.07) is 0. The zero-order valence-electron chi connectivity index (χ0n) is 7.57. The Labute approximate surface area is 83.2 Å². The molecular formula is C9H12ClNO2. The number of aromatic hydroxyl groups is 1. The molecule has 0 saturated heterocycles. The Morgan fingerprint density at radius 1 is 1.62 bits per heavy atom. The van der Waals surface area contributed by atoms with Gasteiger partial charge < -0.3 is 9.84 Å². The van der Waals surface area contributed by atoms with E-state index in [1.165, 1.54) is 0 Å². The van der Waals surface area contributed by atoms with Crippen LogP contribution >= 0.6 is 12.4 Å². The molecule has 3 nitrogen and oxygen atoms in total. The lowest BCUT2D eigenvalue weighted by atomic mass is 10.1. The maximum atomic E-state index is 9.59. The molecule has 1 atom stereocenters. The third-order valence-corrected chi connectivity index (χ3v) is 2.29. The van der Waals surface area contributed by atoms with Crippen molar-refractivity contribution in [3.8, 4) is 5.75 Å². The first kappa shape index (κ1) is 10.3. The number of aromatic nitrogens is 1. The SMILES string of the molecule is Cc1ncc2c(c1O)COC2C.Cl. The minimum atomic E-state index is 0. The molecule has 1 unspecified atom stereocenters. The summed E-state index contributed by atoms with van der Waals surface area (Å²) < 4.78 is 5.36. The van der Waals surface area contributed by atoms with E-state index >= 15 is 0 Å². The van der Waals surface area contributed by atoms with Crippen molar-refractivity contribution in [2.75, 3.05) is 0 Å². The molecule has 0 spiro atoms. The highest BCUT2D eigenvalue weighted by molar-refractivity contribution is 5.85. The normalized spacial score (nSPS) is 19.4. The Hall–Kier alpha value is -0.800. The summed E-state index contributed by atoms with van der Waals surface area (Å²) in [5.74, 6) is 0.289. The van der Waals surface area contributed by atoms with Gasteiger partial charge in [-0.1, -0.05) is 0 Å². The molecule has 0 aliphatic carbocycles. The molecule has 2 rings (SSSR count). The van der Waals surface area contributed by atoms with Gasteiger partial charge in [0.25, 0.3) is 0 Å². The standard InChI is InChI=1S/C9H11NO2.ClH/c1-5-9(11)8-4-12-6(2)7(8)3-10-5;/h3,6,11H,4H2,1-2H3;1H. The van der Waals surface area contributed by atoms with E-state index in [4.69, 9.17) is 4.74 Å². The minimum absolute atomic E-state index is 0. The molecule has 1 aromatic heterocycles. The Morgan fingerprint density at radius 2 is 2.31 bits per heavy atom. The van der Waals surface area contributed by atoms with Crippen molar-refractivity contribution in [2.45, 2.75) is 26.6 Å². The summed E-state index contributed by atoms with van der Waals surface area (Å²) in [6.07, 6.45) is 1.85. The maximum absolute atomic E-state index is 9.59. The van der Waals surface area contributed by atoms with Gasteiger partial charge in [-0.25, -0.2) is 0 Å². The van der Waals surface area contributed by atoms with Crippen molar-refractivity contribution >= 4 is 12.4 Å². The third kappa shape index (κ3) is 1.49. The zero-order valence-corrected chi connectivity index (χ0v) is 8.39. The molecule has 0 aromatic carbocycles. The number of nitrogens with zero attached hydrogens (tertiary/aromatic N) is 1. The van der Waals surface area contributed by atoms with E-state index < -0.39 is 0 Å². The van der Waals surface area contributed by atoms with Gasteiger partial charge in [0.05, 0.1) is 18.4 Å². The van der Waals surface area contributed by atoms with Gasteiger partial charge in [0.15, 0.2) is 0 Å². The van der Waals surface area contributed by atoms with Crippen LogP contribution in [0, 0.1) is 6.92 Å². The van der Waals surface area contributed by atoms with Gasteiger partial charge in [-0.2, -0.15) is 0 Å². The molecule has 0 bridgehead atoms. The average molecular weight is 202 g/mol. The van der Waals surface area contributed by atoms with E-state index in [2.05, 4.69) is 4.98 Å². The van der Waals surface area contributed by atoms with Crippen LogP contribution in [-0.4, -0.2) is 10.1 Å². The van der Waals surface area contributed by atoms with Gasteiger partial charge in [0, 0.05) is 17.3 Å². The molecule has 13 heavy (non-hydrogen) atoms. The van der Waals surface area contributed by atoms with E-state index in [1.807, 2.05) is 6.92 Å². The second kappa shape index (κ2) is 3.52. The highest BCUT2D eigenvalue weighted by atomic mass is 35.5. The molecule has 1 aliphatic rings. The summed E-state index contributed by atoms with van der Waals surface area (Å²) in [5, 5.41) is 9.59. The average Bonchev–Trinajstić information content (AvgIpc) is 2.41. The predicted molar refractivity (Wildman–Crippen MR) is 51.1 cm³/mol. The fraction of sp³-hybridized carbons (Fsp3) is 0.444. The highest BCUT2D eigenvalue weighted by Crippen LogP contribution is 2.35. The van der Waals surface area contributed by atoms with Gasteiger partial charge >= 0.3 is 0 Å². The summed E-state index contributed by atoms with van der Waals surface area (Å²) in [7, 11) is 0. The second-order valence-corrected chi connectivity index (χ2v) is 3.08. The lowest BCUT2D eigenvalue weighted by Gasteiger charge is -2.04. The van der Waals surface area contributed by atoms with Crippen molar-refractivity contribution in [3.05, 3.63) is 23.0 Å². The highest BCUT2D eigenvalue weighted by Gasteiger charge is 2.23. The lowest BCUT2D eigenvalue weighted by molar-refractivity contribution is 0.0790. The molecule has 0 saturated carbocycles. The van der Waals surface area contributed by atoms with Crippen LogP contribution in [0.2, 0.25) is 0 Å². The van der Waals surface area contributed by atoms with E-state index in [0.717, 1.165) is 11.1 Å². The molecule has 4 heteroatoms. The van der Waals surface area contributed by atoms with E-state index in [0.29, 0.717) is 12.3 Å². The Bertz CT molecular complexity index is 328. The molecule has 1 aromatic rings. The lowest BCUT2D eigenvalue weighted by Crippen LogP contribution is -1.92. The van der Waals surface area contributed by atoms with Gasteiger partial charge in [-0.3, -0.25) is 4.98 Å². The summed E-state index contributed by atoms with van der Waals surface area (Å²) in [4.78, 5) is 4.07. The topological polar surface area (TPSA) is 42.4 Å². The molecule has 2 heterocycles. The predicted octanol–water partition coefficient (Wildman–Crippen LogP) is 2.11. The van der Waals surface area contributed by atoms with Gasteiger partial charge in [-0.15, -0.1) is 12.4 Å². The third-order valence-electron chi connectivity index (χ3n) is 2.29. The van der Waals surface area contributed by atoms with Crippen LogP contribution in [0.3, 0.4) is 0 Å². The maximum Gasteiger partial charge on any atom is 0.142 e. The minimum Gasteiger partial charge on any atom is -0.506 e. The first-order chi connectivity index (χ1) is 5.70. The number of ether oxygens (including phenoxy) is 1. The summed E-state index contributed by atoms with van der Waals surface area (Å²) >= 11 is 0. The second-order valence-electron chi connectivity index (χ2n) is 3.08. The first-order valence-corrected chi connectivity index (χ1v) is 3.99. The molecular weight excluding hydrogens is 190 g/mol. The number of rotatable bonds is 0. The quantitative estimate of drug-likeness (QED) is 0.699. The monoisotopic (exact) mass is 201 g/mol. The molecule has 0 amide bonds. The molecule has 72 valence electrons. The first-order valence-electron chi connectivity index (χ1n) is 3.99. The fourth-order valence-corrected chi connectivity index (χ4v) is 1.46. The zero-order chi connectivity index (χ0) is 8.72. The van der Waals surface area contributed by atoms with Crippen LogP contribution < -0.4 is 0 Å². The van der Waals surface area contributed by atoms with Gasteiger partial charge in [-0.05, 0) is 13.8 Å². The number of aryl methyl sites for hydroxylation is 1. The van der Waals surface area contributed by atoms with E-state index in [9.17, 15) is 5.11 Å². The van der Waals surface area contributed by atoms with Crippen molar-refractivity contribution in [1.82, 2.24) is 4.98 Å². The van der Waals surface area contributed by atoms with Crippen LogP contribution in [0.4, 0.5) is 0 Å². The Kier molecular flexibility index (Phi) is 2.78. The number of fused-ring (bicyclic) bond motifs is 1. The van der Waals surface area contributed by atoms with Crippen LogP contribution in [-0.2, 0) is 11.3 Å². The molecule has 1 N–H and O–H groups in total. The number of hydrogen-bond acceptors (Lipinski definition) is 3. The van der Waals surface area contributed by atoms with Crippen molar-refractivity contribution in [3.63, 3.8) is 0 Å². The van der Waals surface area contributed by atoms with Gasteiger partial charge in [0.1, 0.15) is 5.75 Å². The van der Waals surface area contributed by atoms with Crippen LogP contribution in [0.5, 0.6) is 5.75 Å². The van der Waals surface area contributed by atoms with Crippen molar-refractivity contribution in [2.24, 2.45) is 0 Å². The smallest absolute Gasteiger partial charge is 0.142 e.